The number of hydrogen-bond donors (Lipinski definition) is 1. The van der Waals surface area contributed by atoms with Gasteiger partial charge in [-0.3, -0.25) is 14.6 Å². The minimum absolute atomic E-state index is 0.0178. The number of amides is 2. The number of hydrogen-bond acceptors (Lipinski definition) is 4. The molecule has 0 spiro atoms. The number of carbonyl (C=O) groups is 2. The predicted molar refractivity (Wildman–Crippen MR) is 126 cm³/mol. The van der Waals surface area contributed by atoms with Crippen molar-refractivity contribution in [3.63, 3.8) is 0 Å². The number of aromatic nitrogens is 1. The van der Waals surface area contributed by atoms with Crippen LogP contribution in [0.15, 0.2) is 48.5 Å². The van der Waals surface area contributed by atoms with Crippen LogP contribution in [0, 0.1) is 13.8 Å². The maximum atomic E-state index is 13.2. The lowest BCUT2D eigenvalue weighted by atomic mass is 9.99. The number of para-hydroxylation sites is 2. The first-order chi connectivity index (χ1) is 15.3. The van der Waals surface area contributed by atoms with Gasteiger partial charge in [0.05, 0.1) is 35.4 Å². The standard InChI is InChI=1S/C26H29N3O3/c1-16-14-29(15-17(2)32-16)26(31)21-10-6-8-12-24(21)28-25(30)13-22-18(3)20-9-5-7-11-23(20)27-19(22)4/h5-12,16-17H,13-15H2,1-4H3,(H,28,30). The van der Waals surface area contributed by atoms with Crippen LogP contribution in [0.2, 0.25) is 0 Å². The van der Waals surface area contributed by atoms with E-state index in [-0.39, 0.29) is 30.4 Å². The lowest BCUT2D eigenvalue weighted by Crippen LogP contribution is -2.48. The highest BCUT2D eigenvalue weighted by atomic mass is 16.5. The Bertz CT molecular complexity index is 1160. The van der Waals surface area contributed by atoms with E-state index in [0.29, 0.717) is 24.3 Å². The number of ether oxygens (including phenoxy) is 1. The first kappa shape index (κ1) is 22.0. The monoisotopic (exact) mass is 431 g/mol. The van der Waals surface area contributed by atoms with Crippen LogP contribution in [0.25, 0.3) is 10.9 Å². The Morgan fingerprint density at radius 3 is 2.44 bits per heavy atom. The van der Waals surface area contributed by atoms with Crippen LogP contribution in [-0.4, -0.2) is 47.0 Å². The van der Waals surface area contributed by atoms with Crippen LogP contribution >= 0.6 is 0 Å². The fourth-order valence-corrected chi connectivity index (χ4v) is 4.48. The van der Waals surface area contributed by atoms with E-state index in [1.807, 2.05) is 64.1 Å². The van der Waals surface area contributed by atoms with E-state index < -0.39 is 0 Å². The zero-order valence-electron chi connectivity index (χ0n) is 19.0. The molecule has 2 heterocycles. The molecule has 1 N–H and O–H groups in total. The van der Waals surface area contributed by atoms with E-state index in [2.05, 4.69) is 10.3 Å². The van der Waals surface area contributed by atoms with Gasteiger partial charge in [0.15, 0.2) is 0 Å². The second kappa shape index (κ2) is 9.09. The summed E-state index contributed by atoms with van der Waals surface area (Å²) in [5.41, 5.74) is 4.77. The number of aryl methyl sites for hydroxylation is 2. The van der Waals surface area contributed by atoms with Crippen LogP contribution in [0.1, 0.15) is 41.0 Å². The molecule has 6 nitrogen and oxygen atoms in total. The molecule has 0 aliphatic carbocycles. The van der Waals surface area contributed by atoms with Crippen molar-refractivity contribution in [1.82, 2.24) is 9.88 Å². The summed E-state index contributed by atoms with van der Waals surface area (Å²) in [7, 11) is 0. The topological polar surface area (TPSA) is 71.5 Å². The molecule has 32 heavy (non-hydrogen) atoms. The van der Waals surface area contributed by atoms with Crippen molar-refractivity contribution in [3.8, 4) is 0 Å². The number of carbonyl (C=O) groups excluding carboxylic acids is 2. The SMILES string of the molecule is Cc1nc2ccccc2c(C)c1CC(=O)Nc1ccccc1C(=O)N1CC(C)OC(C)C1. The molecule has 6 heteroatoms. The summed E-state index contributed by atoms with van der Waals surface area (Å²) < 4.78 is 5.75. The number of morpholine rings is 1. The molecule has 2 amide bonds. The molecule has 1 aliphatic heterocycles. The summed E-state index contributed by atoms with van der Waals surface area (Å²) in [6.07, 6.45) is 0.163. The summed E-state index contributed by atoms with van der Waals surface area (Å²) in [4.78, 5) is 32.7. The molecule has 1 aliphatic rings. The second-order valence-electron chi connectivity index (χ2n) is 8.56. The molecule has 2 aromatic carbocycles. The van der Waals surface area contributed by atoms with E-state index in [0.717, 1.165) is 27.7 Å². The summed E-state index contributed by atoms with van der Waals surface area (Å²) in [5, 5.41) is 4.01. The van der Waals surface area contributed by atoms with Gasteiger partial charge in [0.25, 0.3) is 5.91 Å². The third-order valence-electron chi connectivity index (χ3n) is 5.96. The quantitative estimate of drug-likeness (QED) is 0.669. The largest absolute Gasteiger partial charge is 0.372 e. The average Bonchev–Trinajstić information content (AvgIpc) is 2.76. The van der Waals surface area contributed by atoms with Crippen molar-refractivity contribution in [2.24, 2.45) is 0 Å². The molecule has 1 aromatic heterocycles. The average molecular weight is 432 g/mol. The van der Waals surface area contributed by atoms with Crippen LogP contribution in [0.4, 0.5) is 5.69 Å². The fraction of sp³-hybridized carbons (Fsp3) is 0.346. The van der Waals surface area contributed by atoms with E-state index in [4.69, 9.17) is 4.74 Å². The second-order valence-corrected chi connectivity index (χ2v) is 8.56. The number of pyridine rings is 1. The normalized spacial score (nSPS) is 18.6. The number of benzene rings is 2. The lowest BCUT2D eigenvalue weighted by molar-refractivity contribution is -0.115. The Morgan fingerprint density at radius 2 is 1.69 bits per heavy atom. The summed E-state index contributed by atoms with van der Waals surface area (Å²) in [6.45, 7) is 8.95. The minimum Gasteiger partial charge on any atom is -0.372 e. The Labute approximate surface area is 188 Å². The number of nitrogens with zero attached hydrogens (tertiary/aromatic N) is 2. The summed E-state index contributed by atoms with van der Waals surface area (Å²) >= 11 is 0. The molecule has 0 saturated carbocycles. The van der Waals surface area contributed by atoms with Gasteiger partial charge in [-0.1, -0.05) is 30.3 Å². The molecule has 4 rings (SSSR count). The maximum Gasteiger partial charge on any atom is 0.256 e. The third kappa shape index (κ3) is 4.50. The molecular formula is C26H29N3O3. The third-order valence-corrected chi connectivity index (χ3v) is 5.96. The van der Waals surface area contributed by atoms with Crippen molar-refractivity contribution in [1.29, 1.82) is 0 Å². The summed E-state index contributed by atoms with van der Waals surface area (Å²) in [5.74, 6) is -0.264. The van der Waals surface area contributed by atoms with E-state index in [9.17, 15) is 9.59 Å². The lowest BCUT2D eigenvalue weighted by Gasteiger charge is -2.35. The van der Waals surface area contributed by atoms with Crippen LogP contribution < -0.4 is 5.32 Å². The number of fused-ring (bicyclic) bond motifs is 1. The van der Waals surface area contributed by atoms with E-state index in [1.165, 1.54) is 0 Å². The smallest absolute Gasteiger partial charge is 0.256 e. The molecule has 0 radical (unpaired) electrons. The van der Waals surface area contributed by atoms with Gasteiger partial charge in [0, 0.05) is 24.2 Å². The maximum absolute atomic E-state index is 13.2. The van der Waals surface area contributed by atoms with Gasteiger partial charge in [-0.2, -0.15) is 0 Å². The van der Waals surface area contributed by atoms with Gasteiger partial charge < -0.3 is 15.0 Å². The zero-order valence-corrected chi connectivity index (χ0v) is 19.0. The van der Waals surface area contributed by atoms with Crippen molar-refractivity contribution in [2.75, 3.05) is 18.4 Å². The first-order valence-electron chi connectivity index (χ1n) is 11.0. The van der Waals surface area contributed by atoms with Crippen LogP contribution in [-0.2, 0) is 16.0 Å². The Balaban J connectivity index is 1.55. The minimum atomic E-state index is -0.169. The van der Waals surface area contributed by atoms with Gasteiger partial charge in [0.1, 0.15) is 0 Å². The Hall–Kier alpha value is -3.25. The van der Waals surface area contributed by atoms with Crippen LogP contribution in [0.3, 0.4) is 0 Å². The van der Waals surface area contributed by atoms with E-state index in [1.54, 1.807) is 17.0 Å². The van der Waals surface area contributed by atoms with Crippen LogP contribution in [0.5, 0.6) is 0 Å². The van der Waals surface area contributed by atoms with Gasteiger partial charge in [-0.05, 0) is 57.0 Å². The molecule has 2 unspecified atom stereocenters. The highest BCUT2D eigenvalue weighted by Gasteiger charge is 2.28. The fourth-order valence-electron chi connectivity index (χ4n) is 4.48. The highest BCUT2D eigenvalue weighted by Crippen LogP contribution is 2.24. The van der Waals surface area contributed by atoms with E-state index >= 15 is 0 Å². The number of anilines is 1. The number of nitrogens with one attached hydrogen (secondary N) is 1. The first-order valence-corrected chi connectivity index (χ1v) is 11.0. The van der Waals surface area contributed by atoms with Crippen molar-refractivity contribution in [3.05, 3.63) is 70.9 Å². The van der Waals surface area contributed by atoms with Gasteiger partial charge >= 0.3 is 0 Å². The molecular weight excluding hydrogens is 402 g/mol. The highest BCUT2D eigenvalue weighted by molar-refractivity contribution is 6.04. The molecule has 0 bridgehead atoms. The molecule has 166 valence electrons. The van der Waals surface area contributed by atoms with Crippen molar-refractivity contribution >= 4 is 28.4 Å². The predicted octanol–water partition coefficient (Wildman–Crippen LogP) is 4.28. The van der Waals surface area contributed by atoms with Gasteiger partial charge in [-0.15, -0.1) is 0 Å². The van der Waals surface area contributed by atoms with Crippen molar-refractivity contribution < 1.29 is 14.3 Å². The van der Waals surface area contributed by atoms with Gasteiger partial charge in [0.2, 0.25) is 5.91 Å². The number of rotatable bonds is 4. The van der Waals surface area contributed by atoms with Gasteiger partial charge in [-0.25, -0.2) is 0 Å². The molecule has 1 saturated heterocycles. The molecule has 1 fully saturated rings. The molecule has 3 aromatic rings. The summed E-state index contributed by atoms with van der Waals surface area (Å²) in [6, 6.07) is 15.1. The van der Waals surface area contributed by atoms with Crippen molar-refractivity contribution in [2.45, 2.75) is 46.3 Å². The molecule has 2 atom stereocenters. The Morgan fingerprint density at radius 1 is 1.03 bits per heavy atom. The Kier molecular flexibility index (Phi) is 6.24. The zero-order chi connectivity index (χ0) is 22.8.